The summed E-state index contributed by atoms with van der Waals surface area (Å²) in [6.07, 6.45) is 2.44. The minimum absolute atomic E-state index is 0.184. The predicted octanol–water partition coefficient (Wildman–Crippen LogP) is 1.68. The van der Waals surface area contributed by atoms with Crippen LogP contribution in [0, 0.1) is 0 Å². The maximum absolute atomic E-state index is 10.8. The summed E-state index contributed by atoms with van der Waals surface area (Å²) in [4.78, 5) is 31.7. The number of rotatable bonds is 9. The second kappa shape index (κ2) is 14.6. The Balaban J connectivity index is 0.000000472. The maximum Gasteiger partial charge on any atom is 0.302 e. The lowest BCUT2D eigenvalue weighted by molar-refractivity contribution is -0.142. The molecule has 1 aromatic carbocycles. The fourth-order valence-corrected chi connectivity index (χ4v) is 1.38. The molecule has 0 bridgehead atoms. The first-order chi connectivity index (χ1) is 12.0. The molecule has 0 saturated heterocycles. The lowest BCUT2D eigenvalue weighted by Crippen LogP contribution is -2.25. The van der Waals surface area contributed by atoms with Gasteiger partial charge in [-0.05, 0) is 24.3 Å². The maximum atomic E-state index is 10.8. The van der Waals surface area contributed by atoms with Crippen molar-refractivity contribution < 1.29 is 23.9 Å². The molecule has 0 aliphatic carbocycles. The lowest BCUT2D eigenvalue weighted by atomic mass is 10.3. The first-order valence-corrected chi connectivity index (χ1v) is 7.59. The van der Waals surface area contributed by atoms with E-state index in [1.54, 1.807) is 0 Å². The summed E-state index contributed by atoms with van der Waals surface area (Å²) in [6.45, 7) is 9.37. The van der Waals surface area contributed by atoms with Gasteiger partial charge in [0.05, 0.1) is 13.2 Å². The van der Waals surface area contributed by atoms with Crippen LogP contribution in [0.5, 0.6) is 0 Å². The second-order valence-corrected chi connectivity index (χ2v) is 4.51. The van der Waals surface area contributed by atoms with Crippen molar-refractivity contribution >= 4 is 23.5 Å². The van der Waals surface area contributed by atoms with Crippen molar-refractivity contribution in [1.29, 1.82) is 0 Å². The van der Waals surface area contributed by atoms with Gasteiger partial charge in [-0.2, -0.15) is 0 Å². The minimum atomic E-state index is -0.325. The number of nitrogens with one attached hydrogen (secondary N) is 2. The van der Waals surface area contributed by atoms with Crippen LogP contribution in [0.1, 0.15) is 6.92 Å². The molecule has 0 atom stereocenters. The summed E-state index contributed by atoms with van der Waals surface area (Å²) < 4.78 is 9.68. The largest absolute Gasteiger partial charge is 0.463 e. The quantitative estimate of drug-likeness (QED) is 0.402. The van der Waals surface area contributed by atoms with E-state index in [1.807, 2.05) is 30.3 Å². The standard InChI is InChI=1S/C9H15NO4.C9H9NO/c1-3-9(12)10-4-5-13-6-7-14-8(2)11;1-2-9(11)10-8-6-4-3-5-7-8/h3H,1,4-7H2,2H3,(H,10,12);2-7H,1H2,(H,10,11). The topological polar surface area (TPSA) is 93.7 Å². The van der Waals surface area contributed by atoms with Crippen LogP contribution < -0.4 is 10.6 Å². The molecule has 0 spiro atoms. The van der Waals surface area contributed by atoms with Gasteiger partial charge in [-0.15, -0.1) is 0 Å². The molecule has 1 rings (SSSR count). The van der Waals surface area contributed by atoms with E-state index in [4.69, 9.17) is 4.74 Å². The highest BCUT2D eigenvalue weighted by molar-refractivity contribution is 5.98. The molecule has 2 N–H and O–H groups in total. The molecule has 1 aromatic rings. The highest BCUT2D eigenvalue weighted by atomic mass is 16.6. The molecular weight excluding hydrogens is 324 g/mol. The summed E-state index contributed by atoms with van der Waals surface area (Å²) >= 11 is 0. The van der Waals surface area contributed by atoms with Crippen LogP contribution in [-0.4, -0.2) is 44.1 Å². The molecule has 25 heavy (non-hydrogen) atoms. The summed E-state index contributed by atoms with van der Waals surface area (Å²) in [5, 5.41) is 5.18. The molecule has 0 unspecified atom stereocenters. The van der Waals surface area contributed by atoms with Gasteiger partial charge in [0.1, 0.15) is 6.61 Å². The Bertz CT molecular complexity index is 558. The Morgan fingerprint density at radius 3 is 2.20 bits per heavy atom. The molecule has 0 saturated carbocycles. The first-order valence-electron chi connectivity index (χ1n) is 7.59. The van der Waals surface area contributed by atoms with Crippen LogP contribution in [0.4, 0.5) is 5.69 Å². The lowest BCUT2D eigenvalue weighted by Gasteiger charge is -2.04. The molecule has 2 amide bonds. The van der Waals surface area contributed by atoms with Gasteiger partial charge in [0.2, 0.25) is 11.8 Å². The Kier molecular flexibility index (Phi) is 12.9. The number of amides is 2. The van der Waals surface area contributed by atoms with Crippen molar-refractivity contribution in [2.24, 2.45) is 0 Å². The van der Waals surface area contributed by atoms with E-state index < -0.39 is 0 Å². The van der Waals surface area contributed by atoms with Crippen molar-refractivity contribution in [1.82, 2.24) is 5.32 Å². The van der Waals surface area contributed by atoms with Crippen molar-refractivity contribution in [2.75, 3.05) is 31.7 Å². The minimum Gasteiger partial charge on any atom is -0.463 e. The second-order valence-electron chi connectivity index (χ2n) is 4.51. The zero-order valence-corrected chi connectivity index (χ0v) is 14.3. The molecule has 7 nitrogen and oxygen atoms in total. The van der Waals surface area contributed by atoms with Crippen LogP contribution in [0.3, 0.4) is 0 Å². The van der Waals surface area contributed by atoms with E-state index in [-0.39, 0.29) is 24.4 Å². The fraction of sp³-hybridized carbons (Fsp3) is 0.278. The summed E-state index contributed by atoms with van der Waals surface area (Å²) in [6, 6.07) is 9.25. The van der Waals surface area contributed by atoms with Gasteiger partial charge in [0, 0.05) is 19.2 Å². The summed E-state index contributed by atoms with van der Waals surface area (Å²) in [7, 11) is 0. The van der Waals surface area contributed by atoms with E-state index in [0.29, 0.717) is 19.8 Å². The zero-order chi connectivity index (χ0) is 18.9. The molecule has 0 aliphatic heterocycles. The van der Waals surface area contributed by atoms with Gasteiger partial charge in [0.25, 0.3) is 0 Å². The molecule has 0 aliphatic rings. The van der Waals surface area contributed by atoms with E-state index in [0.717, 1.165) is 5.69 Å². The number of hydrogen-bond acceptors (Lipinski definition) is 5. The number of carbonyl (C=O) groups excluding carboxylic acids is 3. The average molecular weight is 348 g/mol. The third-order valence-electron chi connectivity index (χ3n) is 2.49. The van der Waals surface area contributed by atoms with E-state index in [1.165, 1.54) is 19.1 Å². The molecule has 0 fully saturated rings. The third kappa shape index (κ3) is 14.4. The summed E-state index contributed by atoms with van der Waals surface area (Å²) in [5.41, 5.74) is 0.789. The predicted molar refractivity (Wildman–Crippen MR) is 95.9 cm³/mol. The smallest absolute Gasteiger partial charge is 0.302 e. The van der Waals surface area contributed by atoms with E-state index in [2.05, 4.69) is 28.5 Å². The molecule has 0 heterocycles. The normalized spacial score (nSPS) is 9.00. The molecule has 0 aromatic heterocycles. The number of ether oxygens (including phenoxy) is 2. The van der Waals surface area contributed by atoms with Crippen molar-refractivity contribution in [3.05, 3.63) is 55.6 Å². The number of anilines is 1. The Hall–Kier alpha value is -2.93. The first kappa shape index (κ1) is 22.1. The average Bonchev–Trinajstić information content (AvgIpc) is 2.61. The van der Waals surface area contributed by atoms with Crippen LogP contribution in [0.25, 0.3) is 0 Å². The van der Waals surface area contributed by atoms with Crippen molar-refractivity contribution in [3.63, 3.8) is 0 Å². The SMILES string of the molecule is C=CC(=O)NCCOCCOC(C)=O.C=CC(=O)Nc1ccccc1. The molecular formula is C18H24N2O5. The summed E-state index contributed by atoms with van der Waals surface area (Å²) in [5.74, 6) is -0.738. The van der Waals surface area contributed by atoms with E-state index in [9.17, 15) is 14.4 Å². The Morgan fingerprint density at radius 1 is 1.00 bits per heavy atom. The monoisotopic (exact) mass is 348 g/mol. The van der Waals surface area contributed by atoms with Crippen molar-refractivity contribution in [2.45, 2.75) is 6.92 Å². The molecule has 0 radical (unpaired) electrons. The van der Waals surface area contributed by atoms with Crippen LogP contribution in [0.15, 0.2) is 55.6 Å². The number of esters is 1. The highest BCUT2D eigenvalue weighted by Crippen LogP contribution is 2.03. The third-order valence-corrected chi connectivity index (χ3v) is 2.49. The van der Waals surface area contributed by atoms with Gasteiger partial charge >= 0.3 is 5.97 Å². The number of carbonyl (C=O) groups is 3. The van der Waals surface area contributed by atoms with Crippen molar-refractivity contribution in [3.8, 4) is 0 Å². The van der Waals surface area contributed by atoms with Crippen LogP contribution in [-0.2, 0) is 23.9 Å². The van der Waals surface area contributed by atoms with Gasteiger partial charge in [-0.3, -0.25) is 14.4 Å². The zero-order valence-electron chi connectivity index (χ0n) is 14.3. The Morgan fingerprint density at radius 2 is 1.64 bits per heavy atom. The number of benzene rings is 1. The van der Waals surface area contributed by atoms with Crippen LogP contribution in [0.2, 0.25) is 0 Å². The van der Waals surface area contributed by atoms with E-state index >= 15 is 0 Å². The van der Waals surface area contributed by atoms with Gasteiger partial charge in [-0.25, -0.2) is 0 Å². The van der Waals surface area contributed by atoms with Gasteiger partial charge < -0.3 is 20.1 Å². The van der Waals surface area contributed by atoms with Crippen LogP contribution >= 0.6 is 0 Å². The highest BCUT2D eigenvalue weighted by Gasteiger charge is 1.94. The molecule has 136 valence electrons. The molecule has 7 heteroatoms. The number of para-hydroxylation sites is 1. The fourth-order valence-electron chi connectivity index (χ4n) is 1.38. The van der Waals surface area contributed by atoms with Gasteiger partial charge in [0.15, 0.2) is 0 Å². The van der Waals surface area contributed by atoms with Gasteiger partial charge in [-0.1, -0.05) is 31.4 Å². The number of hydrogen-bond donors (Lipinski definition) is 2. The Labute approximate surface area is 147 Å².